The quantitative estimate of drug-likeness (QED) is 0.149. The van der Waals surface area contributed by atoms with Crippen LogP contribution in [0.1, 0.15) is 73.1 Å². The van der Waals surface area contributed by atoms with E-state index in [1.54, 1.807) is 0 Å². The third-order valence-electron chi connectivity index (χ3n) is 10.4. The molecule has 3 atom stereocenters. The van der Waals surface area contributed by atoms with Gasteiger partial charge in [-0.2, -0.15) is 11.1 Å². The van der Waals surface area contributed by atoms with Crippen LogP contribution in [0.3, 0.4) is 0 Å². The van der Waals surface area contributed by atoms with Gasteiger partial charge in [-0.05, 0) is 47.6 Å². The van der Waals surface area contributed by atoms with Crippen molar-refractivity contribution in [2.75, 3.05) is 0 Å². The normalized spacial score (nSPS) is 26.3. The van der Waals surface area contributed by atoms with Gasteiger partial charge in [0.2, 0.25) is 0 Å². The Kier molecular flexibility index (Phi) is 13.6. The number of hydrogen-bond donors (Lipinski definition) is 0. The number of nitrogens with one attached hydrogen (secondary N) is 1. The van der Waals surface area contributed by atoms with Crippen LogP contribution in [-0.4, -0.2) is 15.1 Å². The van der Waals surface area contributed by atoms with Crippen LogP contribution in [0.25, 0.3) is 16.9 Å². The van der Waals surface area contributed by atoms with Gasteiger partial charge >= 0.3 is 26.2 Å². The fraction of sp³-hybridized carbons (Fsp3) is 0.364. The molecule has 241 valence electrons. The van der Waals surface area contributed by atoms with Crippen molar-refractivity contribution in [1.29, 1.82) is 0 Å². The number of benzene rings is 4. The van der Waals surface area contributed by atoms with E-state index in [0.717, 1.165) is 11.8 Å². The number of allylic oxidation sites excluding steroid dienone is 4. The minimum atomic E-state index is 0. The summed E-state index contributed by atoms with van der Waals surface area (Å²) in [7, 11) is 0.271. The molecule has 0 heterocycles. The van der Waals surface area contributed by atoms with Gasteiger partial charge < -0.3 is 5.73 Å². The molecule has 0 spiro atoms. The summed E-state index contributed by atoms with van der Waals surface area (Å²) in [6.45, 7) is 11.1. The van der Waals surface area contributed by atoms with Crippen molar-refractivity contribution in [3.63, 3.8) is 0 Å². The van der Waals surface area contributed by atoms with Gasteiger partial charge in [0.15, 0.2) is 0 Å². The van der Waals surface area contributed by atoms with E-state index in [1.807, 2.05) is 12.1 Å². The van der Waals surface area contributed by atoms with Crippen molar-refractivity contribution in [2.24, 2.45) is 23.2 Å². The Labute approximate surface area is 307 Å². The Hall–Kier alpha value is -2.58. The summed E-state index contributed by atoms with van der Waals surface area (Å²) in [5.41, 5.74) is 15.7. The molecular formula is C44H52NSiZr. The monoisotopic (exact) mass is 712 g/mol. The first-order valence-electron chi connectivity index (χ1n) is 17.2. The average Bonchev–Trinajstić information content (AvgIpc) is 3.27. The third kappa shape index (κ3) is 10.7. The number of hydrogen-bond acceptors (Lipinski definition) is 0. The molecule has 4 saturated carbocycles. The van der Waals surface area contributed by atoms with Crippen LogP contribution < -0.4 is 10.4 Å². The topological polar surface area (TPSA) is 23.8 Å². The SMILES string of the molecule is CC12CC3CC(C1)CC([NH-])(C3)C2.CC1=[C-]C(C)C(C)=C1C.[Zr+2].c1ccc(-c2ccccc2)cc1.c1ccc([SiH]c2ccccc2)cc1. The summed E-state index contributed by atoms with van der Waals surface area (Å²) in [4.78, 5) is 0. The molecule has 4 aromatic rings. The molecule has 3 unspecified atom stereocenters. The molecule has 4 fully saturated rings. The van der Waals surface area contributed by atoms with E-state index in [1.165, 1.54) is 76.7 Å². The van der Waals surface area contributed by atoms with Crippen molar-refractivity contribution in [1.82, 2.24) is 0 Å². The molecule has 1 N–H and O–H groups in total. The maximum absolute atomic E-state index is 8.34. The minimum absolute atomic E-state index is 0. The van der Waals surface area contributed by atoms with E-state index in [0.29, 0.717) is 11.3 Å². The van der Waals surface area contributed by atoms with Gasteiger partial charge in [-0.1, -0.05) is 185 Å². The Morgan fingerprint density at radius 1 is 0.638 bits per heavy atom. The van der Waals surface area contributed by atoms with E-state index in [-0.39, 0.29) is 41.3 Å². The molecule has 4 bridgehead atoms. The fourth-order valence-corrected chi connectivity index (χ4v) is 9.65. The molecule has 0 aromatic heterocycles. The second kappa shape index (κ2) is 17.2. The van der Waals surface area contributed by atoms with Crippen molar-refractivity contribution < 1.29 is 26.2 Å². The van der Waals surface area contributed by atoms with Crippen LogP contribution in [0.2, 0.25) is 0 Å². The van der Waals surface area contributed by atoms with Crippen molar-refractivity contribution >= 4 is 19.9 Å². The van der Waals surface area contributed by atoms with Gasteiger partial charge in [0.1, 0.15) is 9.52 Å². The molecule has 47 heavy (non-hydrogen) atoms. The summed E-state index contributed by atoms with van der Waals surface area (Å²) in [5.74, 6) is 2.41. The standard InChI is InChI=1S/C12H11Si.C12H10.C11H18N.C9H13.Zr/c1-3-7-11(8-4-1)13-12-9-5-2-6-10-12;1-3-7-11(8-4-1)12-9-5-2-6-10-12;1-10-3-8-2-9(4-10)6-11(12,5-8)7-10;1-6-5-7(2)9(4)8(6)3;/h1-10,13H;1-10H;8-9,12H,2-7H2,1H3;6H,1-4H3;/q;;2*-1;+2. The summed E-state index contributed by atoms with van der Waals surface area (Å²) in [6.07, 6.45) is 11.3. The molecule has 0 amide bonds. The van der Waals surface area contributed by atoms with Crippen LogP contribution in [-0.2, 0) is 26.2 Å². The largest absolute Gasteiger partial charge is 2.00 e. The van der Waals surface area contributed by atoms with Crippen molar-refractivity contribution in [3.8, 4) is 11.1 Å². The van der Waals surface area contributed by atoms with Crippen LogP contribution in [0.4, 0.5) is 0 Å². The smallest absolute Gasteiger partial charge is 0.672 e. The number of rotatable bonds is 3. The van der Waals surface area contributed by atoms with E-state index in [9.17, 15) is 0 Å². The Morgan fingerprint density at radius 2 is 1.04 bits per heavy atom. The van der Waals surface area contributed by atoms with Crippen LogP contribution in [0.15, 0.2) is 138 Å². The van der Waals surface area contributed by atoms with Crippen LogP contribution in [0, 0.1) is 29.2 Å². The molecule has 1 radical (unpaired) electrons. The van der Waals surface area contributed by atoms with Gasteiger partial charge in [0.05, 0.1) is 0 Å². The Morgan fingerprint density at radius 3 is 1.34 bits per heavy atom. The van der Waals surface area contributed by atoms with Crippen LogP contribution in [0.5, 0.6) is 0 Å². The summed E-state index contributed by atoms with van der Waals surface area (Å²) >= 11 is 0. The predicted octanol–water partition coefficient (Wildman–Crippen LogP) is 10.5. The molecule has 5 aliphatic carbocycles. The first-order chi connectivity index (χ1) is 22.1. The molecule has 5 aliphatic rings. The summed E-state index contributed by atoms with van der Waals surface area (Å²) in [6, 6.07) is 42.1. The predicted molar refractivity (Wildman–Crippen MR) is 201 cm³/mol. The van der Waals surface area contributed by atoms with Gasteiger partial charge in [-0.3, -0.25) is 6.08 Å². The first-order valence-corrected chi connectivity index (χ1v) is 18.4. The second-order valence-corrected chi connectivity index (χ2v) is 16.2. The zero-order chi connectivity index (χ0) is 32.6. The minimum Gasteiger partial charge on any atom is -0.672 e. The fourth-order valence-electron chi connectivity index (χ4n) is 8.43. The molecule has 4 aromatic carbocycles. The summed E-state index contributed by atoms with van der Waals surface area (Å²) < 4.78 is 0. The van der Waals surface area contributed by atoms with E-state index in [2.05, 4.69) is 150 Å². The maximum Gasteiger partial charge on any atom is 2.00 e. The van der Waals surface area contributed by atoms with Gasteiger partial charge in [-0.25, -0.2) is 5.57 Å². The van der Waals surface area contributed by atoms with Crippen LogP contribution >= 0.6 is 0 Å². The average molecular weight is 714 g/mol. The maximum atomic E-state index is 8.34. The molecule has 9 rings (SSSR count). The van der Waals surface area contributed by atoms with Gasteiger partial charge in [0, 0.05) is 0 Å². The Bertz CT molecular complexity index is 1470. The third-order valence-corrected chi connectivity index (χ3v) is 11.8. The molecular weight excluding hydrogens is 662 g/mol. The molecule has 0 saturated heterocycles. The van der Waals surface area contributed by atoms with Crippen molar-refractivity contribution in [2.45, 2.75) is 78.7 Å². The second-order valence-electron chi connectivity index (χ2n) is 14.5. The molecule has 0 aliphatic heterocycles. The zero-order valence-electron chi connectivity index (χ0n) is 29.1. The van der Waals surface area contributed by atoms with E-state index in [4.69, 9.17) is 5.73 Å². The van der Waals surface area contributed by atoms with Gasteiger partial charge in [0.25, 0.3) is 0 Å². The molecule has 1 nitrogen and oxygen atoms in total. The van der Waals surface area contributed by atoms with Gasteiger partial charge in [-0.15, -0.1) is 12.5 Å². The van der Waals surface area contributed by atoms with E-state index >= 15 is 0 Å². The first kappa shape index (κ1) is 37.2. The zero-order valence-corrected chi connectivity index (χ0v) is 32.7. The van der Waals surface area contributed by atoms with Crippen molar-refractivity contribution in [3.05, 3.63) is 150 Å². The Balaban J connectivity index is 0.000000142. The molecule has 3 heteroatoms. The summed E-state index contributed by atoms with van der Waals surface area (Å²) in [5, 5.41) is 2.90. The van der Waals surface area contributed by atoms with E-state index < -0.39 is 0 Å².